The van der Waals surface area contributed by atoms with Gasteiger partial charge in [0.1, 0.15) is 23.9 Å². The highest BCUT2D eigenvalue weighted by atomic mass is 16.4. The number of phenols is 1. The highest BCUT2D eigenvalue weighted by molar-refractivity contribution is 5.94. The molecule has 0 saturated heterocycles. The topological polar surface area (TPSA) is 266 Å². The number of amides is 3. The summed E-state index contributed by atoms with van der Waals surface area (Å²) in [7, 11) is 0. The summed E-state index contributed by atoms with van der Waals surface area (Å²) in [5, 5.41) is 35.5. The fraction of sp³-hybridized carbons (Fsp3) is 0.346. The summed E-state index contributed by atoms with van der Waals surface area (Å²) >= 11 is 0. The van der Waals surface area contributed by atoms with E-state index < -0.39 is 60.2 Å². The van der Waals surface area contributed by atoms with Gasteiger partial charge in [0.15, 0.2) is 0 Å². The van der Waals surface area contributed by atoms with Gasteiger partial charge in [-0.1, -0.05) is 12.1 Å². The molecule has 0 aliphatic carbocycles. The number of aromatic hydroxyl groups is 1. The third-order valence-corrected chi connectivity index (χ3v) is 6.21. The number of carboxylic acids is 2. The Morgan fingerprint density at radius 2 is 1.29 bits per heavy atom. The Hall–Kier alpha value is -5.25. The average molecular weight is 585 g/mol. The first-order valence-corrected chi connectivity index (χ1v) is 12.9. The van der Waals surface area contributed by atoms with E-state index >= 15 is 0 Å². The summed E-state index contributed by atoms with van der Waals surface area (Å²) in [4.78, 5) is 75.7. The molecule has 4 atom stereocenters. The Labute approximate surface area is 239 Å². The number of nitrogens with one attached hydrogen (secondary N) is 5. The lowest BCUT2D eigenvalue weighted by molar-refractivity contribution is -0.143. The van der Waals surface area contributed by atoms with E-state index in [1.165, 1.54) is 37.2 Å². The zero-order valence-corrected chi connectivity index (χ0v) is 22.3. The van der Waals surface area contributed by atoms with Crippen LogP contribution in [0.3, 0.4) is 0 Å². The average Bonchev–Trinajstić information content (AvgIpc) is 3.65. The van der Waals surface area contributed by atoms with Crippen LogP contribution in [0.1, 0.15) is 29.8 Å². The van der Waals surface area contributed by atoms with Crippen molar-refractivity contribution in [2.45, 2.75) is 56.3 Å². The number of aromatic amines is 2. The molecule has 16 nitrogen and oxygen atoms in total. The summed E-state index contributed by atoms with van der Waals surface area (Å²) in [6.07, 6.45) is 4.56. The highest BCUT2D eigenvalue weighted by Crippen LogP contribution is 2.11. The van der Waals surface area contributed by atoms with Gasteiger partial charge in [0.2, 0.25) is 17.7 Å². The molecule has 0 bridgehead atoms. The third-order valence-electron chi connectivity index (χ3n) is 6.21. The molecule has 42 heavy (non-hydrogen) atoms. The number of benzene rings is 1. The first-order chi connectivity index (χ1) is 20.0. The molecule has 3 rings (SSSR count). The highest BCUT2D eigenvalue weighted by Gasteiger charge is 2.31. The third kappa shape index (κ3) is 9.74. The van der Waals surface area contributed by atoms with Crippen molar-refractivity contribution in [1.82, 2.24) is 35.9 Å². The monoisotopic (exact) mass is 584 g/mol. The van der Waals surface area contributed by atoms with E-state index in [-0.39, 0.29) is 31.4 Å². The zero-order chi connectivity index (χ0) is 30.6. The van der Waals surface area contributed by atoms with E-state index in [0.717, 1.165) is 0 Å². The maximum Gasteiger partial charge on any atom is 0.326 e. The molecule has 4 unspecified atom stereocenters. The number of hydrogen-bond donors (Lipinski definition) is 9. The first kappa shape index (κ1) is 31.3. The fourth-order valence-corrected chi connectivity index (χ4v) is 3.98. The summed E-state index contributed by atoms with van der Waals surface area (Å²) in [5.74, 6) is -4.98. The SMILES string of the molecule is NC(Cc1ccc(O)cc1)C(=O)NC(Cc1cnc[nH]1)C(=O)NC(CCC(=O)O)C(=O)NC(Cc1cnc[nH]1)C(=O)O. The summed E-state index contributed by atoms with van der Waals surface area (Å²) in [6.45, 7) is 0. The van der Waals surface area contributed by atoms with Crippen molar-refractivity contribution in [2.24, 2.45) is 5.73 Å². The molecule has 0 radical (unpaired) electrons. The number of H-pyrrole nitrogens is 2. The maximum absolute atomic E-state index is 13.4. The van der Waals surface area contributed by atoms with Gasteiger partial charge in [-0.05, 0) is 30.5 Å². The minimum Gasteiger partial charge on any atom is -0.508 e. The molecule has 3 aromatic rings. The second kappa shape index (κ2) is 14.9. The number of phenolic OH excluding ortho intramolecular Hbond substituents is 1. The number of hydrogen-bond acceptors (Lipinski definition) is 9. The molecule has 10 N–H and O–H groups in total. The van der Waals surface area contributed by atoms with Gasteiger partial charge < -0.3 is 47.0 Å². The number of nitrogens with two attached hydrogens (primary N) is 1. The minimum absolute atomic E-state index is 0.0468. The number of aromatic nitrogens is 4. The van der Waals surface area contributed by atoms with Crippen LogP contribution in [-0.2, 0) is 43.2 Å². The molecule has 2 heterocycles. The van der Waals surface area contributed by atoms with Gasteiger partial charge >= 0.3 is 11.9 Å². The lowest BCUT2D eigenvalue weighted by Crippen LogP contribution is -2.58. The quantitative estimate of drug-likeness (QED) is 0.0944. The number of rotatable bonds is 16. The van der Waals surface area contributed by atoms with Gasteiger partial charge in [0.05, 0.1) is 18.7 Å². The van der Waals surface area contributed by atoms with Crippen LogP contribution in [0, 0.1) is 0 Å². The van der Waals surface area contributed by atoms with E-state index in [9.17, 15) is 39.3 Å². The van der Waals surface area contributed by atoms with Gasteiger partial charge in [-0.2, -0.15) is 0 Å². The van der Waals surface area contributed by atoms with Gasteiger partial charge in [0, 0.05) is 43.0 Å². The number of carbonyl (C=O) groups is 5. The Balaban J connectivity index is 1.74. The molecule has 0 fully saturated rings. The normalized spacial score (nSPS) is 13.7. The van der Waals surface area contributed by atoms with Crippen molar-refractivity contribution in [3.8, 4) is 5.75 Å². The standard InChI is InChI=1S/C26H32N8O8/c27-18(7-14-1-3-17(35)4-2-14)23(38)33-20(8-15-10-28-12-30-15)25(40)32-19(5-6-22(36)37)24(39)34-21(26(41)42)9-16-11-29-13-31-16/h1-4,10-13,18-21,35H,5-9,27H2,(H,28,30)(H,29,31)(H,32,40)(H,33,38)(H,34,39)(H,36,37)(H,41,42). The summed E-state index contributed by atoms with van der Waals surface area (Å²) in [5.41, 5.74) is 7.63. The predicted octanol–water partition coefficient (Wildman–Crippen LogP) is -1.40. The molecule has 0 aliphatic rings. The Bertz CT molecular complexity index is 1350. The molecule has 16 heteroatoms. The fourth-order valence-electron chi connectivity index (χ4n) is 3.98. The van der Waals surface area contributed by atoms with Gasteiger partial charge in [-0.3, -0.25) is 19.2 Å². The molecule has 3 amide bonds. The van der Waals surface area contributed by atoms with Crippen LogP contribution in [0.2, 0.25) is 0 Å². The Kier molecular flexibility index (Phi) is 11.1. The van der Waals surface area contributed by atoms with E-state index in [2.05, 4.69) is 35.9 Å². The van der Waals surface area contributed by atoms with Crippen LogP contribution in [0.5, 0.6) is 5.75 Å². The van der Waals surface area contributed by atoms with E-state index in [1.807, 2.05) is 0 Å². The second-order valence-electron chi connectivity index (χ2n) is 9.49. The van der Waals surface area contributed by atoms with Crippen LogP contribution in [-0.4, -0.2) is 89.1 Å². The van der Waals surface area contributed by atoms with Crippen LogP contribution >= 0.6 is 0 Å². The van der Waals surface area contributed by atoms with Gasteiger partial charge in [-0.15, -0.1) is 0 Å². The van der Waals surface area contributed by atoms with Crippen LogP contribution in [0.15, 0.2) is 49.3 Å². The molecule has 224 valence electrons. The zero-order valence-electron chi connectivity index (χ0n) is 22.3. The molecule has 1 aromatic carbocycles. The smallest absolute Gasteiger partial charge is 0.326 e. The van der Waals surface area contributed by atoms with Gasteiger partial charge in [0.25, 0.3) is 0 Å². The molecule has 0 aliphatic heterocycles. The number of aliphatic carboxylic acids is 2. The van der Waals surface area contributed by atoms with Crippen molar-refractivity contribution < 1.29 is 39.3 Å². The molecule has 0 spiro atoms. The Morgan fingerprint density at radius 1 is 0.762 bits per heavy atom. The Morgan fingerprint density at radius 3 is 1.81 bits per heavy atom. The lowest BCUT2D eigenvalue weighted by atomic mass is 10.0. The number of carboxylic acid groups (broad SMARTS) is 2. The molecule has 0 saturated carbocycles. The number of carbonyl (C=O) groups excluding carboxylic acids is 3. The second-order valence-corrected chi connectivity index (χ2v) is 9.49. The van der Waals surface area contributed by atoms with Crippen molar-refractivity contribution in [1.29, 1.82) is 0 Å². The van der Waals surface area contributed by atoms with Crippen LogP contribution in [0.25, 0.3) is 0 Å². The largest absolute Gasteiger partial charge is 0.508 e. The van der Waals surface area contributed by atoms with E-state index in [0.29, 0.717) is 17.0 Å². The summed E-state index contributed by atoms with van der Waals surface area (Å²) < 4.78 is 0. The van der Waals surface area contributed by atoms with Crippen molar-refractivity contribution in [2.75, 3.05) is 0 Å². The van der Waals surface area contributed by atoms with Crippen molar-refractivity contribution in [3.63, 3.8) is 0 Å². The van der Waals surface area contributed by atoms with E-state index in [4.69, 9.17) is 5.73 Å². The predicted molar refractivity (Wildman–Crippen MR) is 145 cm³/mol. The van der Waals surface area contributed by atoms with Gasteiger partial charge in [-0.25, -0.2) is 14.8 Å². The van der Waals surface area contributed by atoms with Crippen molar-refractivity contribution in [3.05, 3.63) is 66.3 Å². The van der Waals surface area contributed by atoms with Crippen LogP contribution in [0.4, 0.5) is 0 Å². The number of nitrogens with zero attached hydrogens (tertiary/aromatic N) is 2. The molecular weight excluding hydrogens is 552 g/mol. The summed E-state index contributed by atoms with van der Waals surface area (Å²) in [6, 6.07) is 0.908. The number of imidazole rings is 2. The first-order valence-electron chi connectivity index (χ1n) is 12.9. The minimum atomic E-state index is -1.44. The van der Waals surface area contributed by atoms with Crippen molar-refractivity contribution >= 4 is 29.7 Å². The maximum atomic E-state index is 13.4. The van der Waals surface area contributed by atoms with Crippen LogP contribution < -0.4 is 21.7 Å². The lowest BCUT2D eigenvalue weighted by Gasteiger charge is -2.25. The van der Waals surface area contributed by atoms with E-state index in [1.54, 1.807) is 12.1 Å². The molecule has 2 aromatic heterocycles. The molecular formula is C26H32N8O8.